The zero-order valence-corrected chi connectivity index (χ0v) is 16.6. The minimum Gasteiger partial charge on any atom is -0.350 e. The van der Waals surface area contributed by atoms with Gasteiger partial charge < -0.3 is 10.2 Å². The number of carbonyl (C=O) groups excluding carboxylic acids is 1. The number of aryl methyl sites for hydroxylation is 1. The molecular formula is C20H23N5O2S. The lowest BCUT2D eigenvalue weighted by Crippen LogP contribution is -2.47. The molecule has 0 aliphatic carbocycles. The maximum atomic E-state index is 12.4. The first-order chi connectivity index (χ1) is 13.7. The fourth-order valence-corrected chi connectivity index (χ4v) is 4.53. The minimum absolute atomic E-state index is 0.0686. The lowest BCUT2D eigenvalue weighted by atomic mass is 10.0. The molecule has 0 bridgehead atoms. The van der Waals surface area contributed by atoms with E-state index in [-0.39, 0.29) is 17.5 Å². The largest absolute Gasteiger partial charge is 0.350 e. The molecule has 28 heavy (non-hydrogen) atoms. The third-order valence-corrected chi connectivity index (χ3v) is 6.00. The maximum Gasteiger partial charge on any atom is 0.275 e. The van der Waals surface area contributed by atoms with Crippen LogP contribution in [0.3, 0.4) is 0 Å². The van der Waals surface area contributed by atoms with Gasteiger partial charge in [-0.05, 0) is 37.8 Å². The highest BCUT2D eigenvalue weighted by molar-refractivity contribution is 7.20. The van der Waals surface area contributed by atoms with E-state index >= 15 is 0 Å². The molecule has 1 unspecified atom stereocenters. The molecule has 146 valence electrons. The zero-order valence-electron chi connectivity index (χ0n) is 15.8. The van der Waals surface area contributed by atoms with Crippen LogP contribution in [-0.2, 0) is 6.42 Å². The molecule has 7 nitrogen and oxygen atoms in total. The third-order valence-electron chi connectivity index (χ3n) is 5.06. The van der Waals surface area contributed by atoms with Gasteiger partial charge in [-0.2, -0.15) is 4.52 Å². The molecule has 1 amide bonds. The van der Waals surface area contributed by atoms with Gasteiger partial charge in [-0.25, -0.2) is 4.98 Å². The Hall–Kier alpha value is -2.74. The monoisotopic (exact) mass is 397 g/mol. The second kappa shape index (κ2) is 8.10. The van der Waals surface area contributed by atoms with E-state index in [4.69, 9.17) is 0 Å². The predicted octanol–water partition coefficient (Wildman–Crippen LogP) is 2.50. The van der Waals surface area contributed by atoms with Crippen LogP contribution in [0.2, 0.25) is 0 Å². The summed E-state index contributed by atoms with van der Waals surface area (Å²) in [5.41, 5.74) is 1.30. The van der Waals surface area contributed by atoms with Crippen molar-refractivity contribution in [1.29, 1.82) is 0 Å². The SMILES string of the molecule is CCc1cc(=O)n2nc(N3CCCCC3CNC(=O)c3ccccc3)sc2n1. The van der Waals surface area contributed by atoms with Crippen LogP contribution in [0.4, 0.5) is 5.13 Å². The van der Waals surface area contributed by atoms with E-state index in [2.05, 4.69) is 20.3 Å². The second-order valence-electron chi connectivity index (χ2n) is 6.94. The number of fused-ring (bicyclic) bond motifs is 1. The molecule has 1 fully saturated rings. The summed E-state index contributed by atoms with van der Waals surface area (Å²) < 4.78 is 1.38. The van der Waals surface area contributed by atoms with E-state index < -0.39 is 0 Å². The van der Waals surface area contributed by atoms with Crippen LogP contribution in [0, 0.1) is 0 Å². The first-order valence-corrected chi connectivity index (χ1v) is 10.5. The summed E-state index contributed by atoms with van der Waals surface area (Å²) in [5, 5.41) is 8.35. The Morgan fingerprint density at radius 3 is 2.89 bits per heavy atom. The van der Waals surface area contributed by atoms with Gasteiger partial charge in [-0.3, -0.25) is 9.59 Å². The molecule has 4 rings (SSSR count). The highest BCUT2D eigenvalue weighted by Crippen LogP contribution is 2.28. The summed E-state index contributed by atoms with van der Waals surface area (Å²) in [5.74, 6) is -0.0686. The average Bonchev–Trinajstić information content (AvgIpc) is 3.17. The lowest BCUT2D eigenvalue weighted by Gasteiger charge is -2.35. The van der Waals surface area contributed by atoms with Crippen molar-refractivity contribution in [3.63, 3.8) is 0 Å². The van der Waals surface area contributed by atoms with Crippen LogP contribution in [0.1, 0.15) is 42.2 Å². The normalized spacial score (nSPS) is 17.0. The van der Waals surface area contributed by atoms with Crippen LogP contribution in [0.15, 0.2) is 41.2 Å². The fraction of sp³-hybridized carbons (Fsp3) is 0.400. The molecule has 1 atom stereocenters. The maximum absolute atomic E-state index is 12.4. The van der Waals surface area contributed by atoms with Gasteiger partial charge in [0, 0.05) is 36.5 Å². The standard InChI is InChI=1S/C20H23N5O2S/c1-2-15-12-17(26)25-19(22-15)28-20(23-25)24-11-7-6-10-16(24)13-21-18(27)14-8-4-3-5-9-14/h3-5,8-9,12,16H,2,6-7,10-11,13H2,1H3,(H,21,27). The topological polar surface area (TPSA) is 79.6 Å². The quantitative estimate of drug-likeness (QED) is 0.716. The lowest BCUT2D eigenvalue weighted by molar-refractivity contribution is 0.0949. The molecule has 1 aromatic carbocycles. The number of aromatic nitrogens is 3. The van der Waals surface area contributed by atoms with Crippen molar-refractivity contribution in [1.82, 2.24) is 19.9 Å². The molecule has 0 radical (unpaired) electrons. The Bertz CT molecular complexity index is 1030. The number of piperidine rings is 1. The van der Waals surface area contributed by atoms with E-state index in [9.17, 15) is 9.59 Å². The Labute approximate surface area is 167 Å². The van der Waals surface area contributed by atoms with Gasteiger partial charge in [0.05, 0.1) is 0 Å². The number of benzene rings is 1. The number of rotatable bonds is 5. The van der Waals surface area contributed by atoms with Crippen molar-refractivity contribution >= 4 is 27.3 Å². The number of carbonyl (C=O) groups is 1. The Morgan fingerprint density at radius 2 is 2.11 bits per heavy atom. The zero-order chi connectivity index (χ0) is 19.5. The van der Waals surface area contributed by atoms with Crippen LogP contribution in [0.25, 0.3) is 4.96 Å². The van der Waals surface area contributed by atoms with Gasteiger partial charge in [-0.15, -0.1) is 5.10 Å². The van der Waals surface area contributed by atoms with Crippen LogP contribution in [0.5, 0.6) is 0 Å². The average molecular weight is 398 g/mol. The molecular weight excluding hydrogens is 374 g/mol. The Balaban J connectivity index is 1.54. The van der Waals surface area contributed by atoms with Gasteiger partial charge in [0.1, 0.15) is 0 Å². The summed E-state index contributed by atoms with van der Waals surface area (Å²) in [6.45, 7) is 3.39. The van der Waals surface area contributed by atoms with E-state index in [0.717, 1.165) is 43.1 Å². The summed E-state index contributed by atoms with van der Waals surface area (Å²) in [6, 6.07) is 10.9. The number of amides is 1. The van der Waals surface area contributed by atoms with Gasteiger partial charge >= 0.3 is 0 Å². The van der Waals surface area contributed by atoms with Crippen molar-refractivity contribution in [2.75, 3.05) is 18.0 Å². The molecule has 8 heteroatoms. The number of nitrogens with one attached hydrogen (secondary N) is 1. The molecule has 3 aromatic rings. The molecule has 2 aromatic heterocycles. The molecule has 0 spiro atoms. The fourth-order valence-electron chi connectivity index (χ4n) is 3.51. The minimum atomic E-state index is -0.143. The molecule has 1 aliphatic rings. The van der Waals surface area contributed by atoms with Gasteiger partial charge in [-0.1, -0.05) is 36.5 Å². The highest BCUT2D eigenvalue weighted by Gasteiger charge is 2.26. The molecule has 1 N–H and O–H groups in total. The van der Waals surface area contributed by atoms with Crippen LogP contribution < -0.4 is 15.8 Å². The summed E-state index contributed by atoms with van der Waals surface area (Å²) >= 11 is 1.44. The smallest absolute Gasteiger partial charge is 0.275 e. The van der Waals surface area contributed by atoms with E-state index in [0.29, 0.717) is 17.1 Å². The number of hydrogen-bond donors (Lipinski definition) is 1. The second-order valence-corrected chi connectivity index (χ2v) is 7.87. The van der Waals surface area contributed by atoms with Crippen molar-refractivity contribution in [3.05, 3.63) is 58.0 Å². The Morgan fingerprint density at radius 1 is 1.29 bits per heavy atom. The summed E-state index contributed by atoms with van der Waals surface area (Å²) in [7, 11) is 0. The first-order valence-electron chi connectivity index (χ1n) is 9.65. The van der Waals surface area contributed by atoms with E-state index in [1.165, 1.54) is 15.9 Å². The molecule has 0 saturated carbocycles. The van der Waals surface area contributed by atoms with Crippen LogP contribution in [-0.4, -0.2) is 39.6 Å². The molecule has 1 aliphatic heterocycles. The summed E-state index contributed by atoms with van der Waals surface area (Å²) in [4.78, 5) is 32.0. The van der Waals surface area contributed by atoms with Crippen molar-refractivity contribution in [3.8, 4) is 0 Å². The third kappa shape index (κ3) is 3.77. The van der Waals surface area contributed by atoms with Gasteiger partial charge in [0.25, 0.3) is 11.5 Å². The van der Waals surface area contributed by atoms with Crippen LogP contribution >= 0.6 is 11.3 Å². The summed E-state index contributed by atoms with van der Waals surface area (Å²) in [6.07, 6.45) is 3.89. The van der Waals surface area contributed by atoms with Gasteiger partial charge in [0.2, 0.25) is 10.1 Å². The molecule has 1 saturated heterocycles. The highest BCUT2D eigenvalue weighted by atomic mass is 32.1. The number of hydrogen-bond acceptors (Lipinski definition) is 6. The number of anilines is 1. The molecule has 3 heterocycles. The van der Waals surface area contributed by atoms with Crippen molar-refractivity contribution in [2.24, 2.45) is 0 Å². The van der Waals surface area contributed by atoms with E-state index in [1.54, 1.807) is 6.07 Å². The van der Waals surface area contributed by atoms with E-state index in [1.807, 2.05) is 37.3 Å². The Kier molecular flexibility index (Phi) is 5.38. The van der Waals surface area contributed by atoms with Crippen molar-refractivity contribution < 1.29 is 4.79 Å². The predicted molar refractivity (Wildman–Crippen MR) is 110 cm³/mol. The van der Waals surface area contributed by atoms with Crippen molar-refractivity contribution in [2.45, 2.75) is 38.6 Å². The van der Waals surface area contributed by atoms with Gasteiger partial charge in [0.15, 0.2) is 0 Å². The number of nitrogens with zero attached hydrogens (tertiary/aromatic N) is 4. The first kappa shape index (κ1) is 18.6.